The standard InChI is InChI=1S/C13H22N6O2/c1-4-8-21-13-17-11(14-5-2)16-12(18-13)19-7-6-15-10(20)9(19)3/h9H,4-8H2,1-3H3,(H,15,20)(H,14,16,17,18). The Labute approximate surface area is 124 Å². The average Bonchev–Trinajstić information content (AvgIpc) is 2.48. The minimum Gasteiger partial charge on any atom is -0.463 e. The number of ether oxygens (including phenoxy) is 1. The number of carbonyl (C=O) groups is 1. The number of anilines is 2. The first-order chi connectivity index (χ1) is 10.2. The van der Waals surface area contributed by atoms with Crippen molar-refractivity contribution in [2.45, 2.75) is 33.2 Å². The highest BCUT2D eigenvalue weighted by Gasteiger charge is 2.28. The number of aromatic nitrogens is 3. The van der Waals surface area contributed by atoms with Crippen LogP contribution in [0.3, 0.4) is 0 Å². The summed E-state index contributed by atoms with van der Waals surface area (Å²) in [6.45, 7) is 8.30. The maximum Gasteiger partial charge on any atom is 0.323 e. The first-order valence-corrected chi connectivity index (χ1v) is 7.32. The van der Waals surface area contributed by atoms with Gasteiger partial charge in [-0.2, -0.15) is 15.0 Å². The second-order valence-corrected chi connectivity index (χ2v) is 4.78. The Hall–Kier alpha value is -2.12. The lowest BCUT2D eigenvalue weighted by atomic mass is 10.2. The summed E-state index contributed by atoms with van der Waals surface area (Å²) >= 11 is 0. The lowest BCUT2D eigenvalue weighted by molar-refractivity contribution is -0.122. The molecule has 1 aliphatic heterocycles. The molecule has 1 atom stereocenters. The number of piperazine rings is 1. The molecule has 1 unspecified atom stereocenters. The molecule has 2 N–H and O–H groups in total. The molecule has 0 aliphatic carbocycles. The Morgan fingerprint density at radius 1 is 1.38 bits per heavy atom. The largest absolute Gasteiger partial charge is 0.463 e. The zero-order chi connectivity index (χ0) is 15.2. The quantitative estimate of drug-likeness (QED) is 0.785. The molecule has 1 aliphatic rings. The molecule has 0 saturated carbocycles. The zero-order valence-electron chi connectivity index (χ0n) is 12.7. The Balaban J connectivity index is 2.27. The number of nitrogens with one attached hydrogen (secondary N) is 2. The first kappa shape index (κ1) is 15.3. The van der Waals surface area contributed by atoms with Gasteiger partial charge in [-0.3, -0.25) is 4.79 Å². The number of hydrogen-bond acceptors (Lipinski definition) is 7. The third kappa shape index (κ3) is 3.71. The third-order valence-electron chi connectivity index (χ3n) is 3.13. The van der Waals surface area contributed by atoms with E-state index in [1.54, 1.807) is 0 Å². The molecule has 1 amide bonds. The molecule has 8 heteroatoms. The molecule has 1 fully saturated rings. The number of nitrogens with zero attached hydrogens (tertiary/aromatic N) is 4. The summed E-state index contributed by atoms with van der Waals surface area (Å²) in [4.78, 5) is 26.5. The van der Waals surface area contributed by atoms with Crippen molar-refractivity contribution in [3.8, 4) is 6.01 Å². The van der Waals surface area contributed by atoms with Crippen LogP contribution in [0, 0.1) is 0 Å². The first-order valence-electron chi connectivity index (χ1n) is 7.32. The van der Waals surface area contributed by atoms with Gasteiger partial charge in [0.1, 0.15) is 6.04 Å². The van der Waals surface area contributed by atoms with Gasteiger partial charge < -0.3 is 20.3 Å². The topological polar surface area (TPSA) is 92.3 Å². The van der Waals surface area contributed by atoms with Crippen LogP contribution in [0.15, 0.2) is 0 Å². The van der Waals surface area contributed by atoms with Gasteiger partial charge in [-0.15, -0.1) is 0 Å². The summed E-state index contributed by atoms with van der Waals surface area (Å²) in [5, 5.41) is 5.88. The van der Waals surface area contributed by atoms with Crippen LogP contribution in [0.25, 0.3) is 0 Å². The van der Waals surface area contributed by atoms with E-state index < -0.39 is 0 Å². The summed E-state index contributed by atoms with van der Waals surface area (Å²) in [5.41, 5.74) is 0. The van der Waals surface area contributed by atoms with E-state index in [0.29, 0.717) is 38.1 Å². The number of hydrogen-bond donors (Lipinski definition) is 2. The van der Waals surface area contributed by atoms with E-state index in [0.717, 1.165) is 6.42 Å². The zero-order valence-corrected chi connectivity index (χ0v) is 12.7. The third-order valence-corrected chi connectivity index (χ3v) is 3.13. The van der Waals surface area contributed by atoms with Gasteiger partial charge >= 0.3 is 6.01 Å². The predicted molar refractivity (Wildman–Crippen MR) is 79.6 cm³/mol. The van der Waals surface area contributed by atoms with Crippen molar-refractivity contribution in [3.05, 3.63) is 0 Å². The summed E-state index contributed by atoms with van der Waals surface area (Å²) in [6, 6.07) is -0.0226. The predicted octanol–water partition coefficient (Wildman–Crippen LogP) is 0.417. The molecule has 1 saturated heterocycles. The Morgan fingerprint density at radius 3 is 2.90 bits per heavy atom. The SMILES string of the molecule is CCCOc1nc(NCC)nc(N2CCNC(=O)C2C)n1. The van der Waals surface area contributed by atoms with Crippen molar-refractivity contribution in [2.24, 2.45) is 0 Å². The highest BCUT2D eigenvalue weighted by Crippen LogP contribution is 2.18. The van der Waals surface area contributed by atoms with Gasteiger partial charge in [0.25, 0.3) is 0 Å². The monoisotopic (exact) mass is 294 g/mol. The number of amides is 1. The molecule has 0 aromatic carbocycles. The summed E-state index contributed by atoms with van der Waals surface area (Å²) in [5.74, 6) is 0.906. The molecule has 2 heterocycles. The highest BCUT2D eigenvalue weighted by atomic mass is 16.5. The van der Waals surface area contributed by atoms with Gasteiger partial charge in [-0.05, 0) is 20.3 Å². The van der Waals surface area contributed by atoms with Gasteiger partial charge in [0.15, 0.2) is 0 Å². The van der Waals surface area contributed by atoms with E-state index in [1.807, 2.05) is 25.7 Å². The Bertz CT molecular complexity index is 496. The molecule has 2 rings (SSSR count). The van der Waals surface area contributed by atoms with Crippen molar-refractivity contribution in [3.63, 3.8) is 0 Å². The maximum atomic E-state index is 11.8. The van der Waals surface area contributed by atoms with Crippen molar-refractivity contribution in [1.29, 1.82) is 0 Å². The molecule has 8 nitrogen and oxygen atoms in total. The molecule has 1 aromatic heterocycles. The van der Waals surface area contributed by atoms with Crippen LogP contribution in [0.5, 0.6) is 6.01 Å². The smallest absolute Gasteiger partial charge is 0.323 e. The molecule has 0 spiro atoms. The van der Waals surface area contributed by atoms with E-state index in [2.05, 4.69) is 25.6 Å². The van der Waals surface area contributed by atoms with Gasteiger partial charge in [0, 0.05) is 19.6 Å². The molecule has 0 bridgehead atoms. The van der Waals surface area contributed by atoms with Crippen LogP contribution in [0.4, 0.5) is 11.9 Å². The Kier molecular flexibility index (Phi) is 5.13. The second-order valence-electron chi connectivity index (χ2n) is 4.78. The molecule has 21 heavy (non-hydrogen) atoms. The van der Waals surface area contributed by atoms with Crippen LogP contribution < -0.4 is 20.3 Å². The summed E-state index contributed by atoms with van der Waals surface area (Å²) in [7, 11) is 0. The van der Waals surface area contributed by atoms with Crippen LogP contribution >= 0.6 is 0 Å². The van der Waals surface area contributed by atoms with Crippen LogP contribution in [0.2, 0.25) is 0 Å². The maximum absolute atomic E-state index is 11.8. The summed E-state index contributed by atoms with van der Waals surface area (Å²) in [6.07, 6.45) is 0.875. The van der Waals surface area contributed by atoms with Crippen LogP contribution in [-0.2, 0) is 4.79 Å². The molecular weight excluding hydrogens is 272 g/mol. The van der Waals surface area contributed by atoms with Crippen molar-refractivity contribution >= 4 is 17.8 Å². The van der Waals surface area contributed by atoms with Crippen molar-refractivity contribution in [1.82, 2.24) is 20.3 Å². The Morgan fingerprint density at radius 2 is 2.19 bits per heavy atom. The fourth-order valence-corrected chi connectivity index (χ4v) is 2.03. The van der Waals surface area contributed by atoms with E-state index >= 15 is 0 Å². The fourth-order valence-electron chi connectivity index (χ4n) is 2.03. The number of carbonyl (C=O) groups excluding carboxylic acids is 1. The van der Waals surface area contributed by atoms with E-state index in [9.17, 15) is 4.79 Å². The lowest BCUT2D eigenvalue weighted by Gasteiger charge is -2.32. The van der Waals surface area contributed by atoms with Crippen molar-refractivity contribution < 1.29 is 9.53 Å². The lowest BCUT2D eigenvalue weighted by Crippen LogP contribution is -2.54. The van der Waals surface area contributed by atoms with Crippen LogP contribution in [0.1, 0.15) is 27.2 Å². The van der Waals surface area contributed by atoms with Crippen molar-refractivity contribution in [2.75, 3.05) is 36.5 Å². The fraction of sp³-hybridized carbons (Fsp3) is 0.692. The van der Waals surface area contributed by atoms with E-state index in [-0.39, 0.29) is 18.0 Å². The average molecular weight is 294 g/mol. The molecule has 116 valence electrons. The summed E-state index contributed by atoms with van der Waals surface area (Å²) < 4.78 is 5.51. The highest BCUT2D eigenvalue weighted by molar-refractivity contribution is 5.85. The number of rotatable bonds is 6. The van der Waals surface area contributed by atoms with Gasteiger partial charge in [0.05, 0.1) is 6.61 Å². The van der Waals surface area contributed by atoms with Gasteiger partial charge in [-0.25, -0.2) is 0 Å². The normalized spacial score (nSPS) is 18.3. The minimum atomic E-state index is -0.311. The van der Waals surface area contributed by atoms with Gasteiger partial charge in [-0.1, -0.05) is 6.92 Å². The minimum absolute atomic E-state index is 0.0253. The van der Waals surface area contributed by atoms with Gasteiger partial charge in [0.2, 0.25) is 17.8 Å². The van der Waals surface area contributed by atoms with E-state index in [4.69, 9.17) is 4.74 Å². The van der Waals surface area contributed by atoms with E-state index in [1.165, 1.54) is 0 Å². The molecular formula is C13H22N6O2. The molecule has 0 radical (unpaired) electrons. The molecule has 1 aromatic rings. The van der Waals surface area contributed by atoms with Crippen LogP contribution in [-0.4, -0.2) is 53.1 Å². The second kappa shape index (κ2) is 7.05.